The number of benzene rings is 3. The second kappa shape index (κ2) is 11.4. The van der Waals surface area contributed by atoms with E-state index >= 15 is 0 Å². The zero-order valence-electron chi connectivity index (χ0n) is 20.9. The molecule has 8 heteroatoms. The summed E-state index contributed by atoms with van der Waals surface area (Å²) in [5, 5.41) is 3.06. The van der Waals surface area contributed by atoms with Crippen LogP contribution in [-0.4, -0.2) is 28.8 Å². The number of Topliss-reactive ketones (excluding diaryl/α,β-unsaturated/α-hetero) is 1. The van der Waals surface area contributed by atoms with Gasteiger partial charge in [-0.25, -0.2) is 9.37 Å². The highest BCUT2D eigenvalue weighted by Gasteiger charge is 2.15. The van der Waals surface area contributed by atoms with Crippen LogP contribution in [0.1, 0.15) is 34.8 Å². The SMILES string of the molecule is CCC(=O)c1cc(Nc2ncc(F)c(N(C)c3ccc(CC(=O)Oc4ccccc4)cc3)n2)ccc1C. The fourth-order valence-corrected chi connectivity index (χ4v) is 3.76. The van der Waals surface area contributed by atoms with Gasteiger partial charge in [-0.05, 0) is 54.4 Å². The Balaban J connectivity index is 1.47. The summed E-state index contributed by atoms with van der Waals surface area (Å²) in [5.41, 5.74) is 3.58. The first kappa shape index (κ1) is 25.5. The number of aryl methyl sites for hydroxylation is 1. The molecule has 0 atom stereocenters. The van der Waals surface area contributed by atoms with Crippen molar-refractivity contribution in [1.82, 2.24) is 9.97 Å². The van der Waals surface area contributed by atoms with Crippen LogP contribution in [0, 0.1) is 12.7 Å². The third-order valence-electron chi connectivity index (χ3n) is 5.81. The third kappa shape index (κ3) is 6.35. The van der Waals surface area contributed by atoms with Gasteiger partial charge in [0.2, 0.25) is 5.95 Å². The predicted molar refractivity (Wildman–Crippen MR) is 141 cm³/mol. The highest BCUT2D eigenvalue weighted by Crippen LogP contribution is 2.27. The molecule has 37 heavy (non-hydrogen) atoms. The Morgan fingerprint density at radius 3 is 2.46 bits per heavy atom. The Morgan fingerprint density at radius 1 is 1.03 bits per heavy atom. The Morgan fingerprint density at radius 2 is 1.76 bits per heavy atom. The molecule has 0 unspecified atom stereocenters. The van der Waals surface area contributed by atoms with Gasteiger partial charge in [-0.3, -0.25) is 9.59 Å². The fraction of sp³-hybridized carbons (Fsp3) is 0.172. The number of carbonyl (C=O) groups is 2. The Hall–Kier alpha value is -4.59. The summed E-state index contributed by atoms with van der Waals surface area (Å²) in [7, 11) is 1.69. The smallest absolute Gasteiger partial charge is 0.315 e. The summed E-state index contributed by atoms with van der Waals surface area (Å²) in [6.07, 6.45) is 1.61. The molecule has 0 aliphatic rings. The van der Waals surface area contributed by atoms with E-state index in [1.54, 1.807) is 66.5 Å². The number of aromatic nitrogens is 2. The first-order valence-electron chi connectivity index (χ1n) is 11.9. The summed E-state index contributed by atoms with van der Waals surface area (Å²) in [6.45, 7) is 3.70. The molecule has 4 aromatic rings. The molecule has 0 amide bonds. The van der Waals surface area contributed by atoms with E-state index in [0.717, 1.165) is 17.3 Å². The van der Waals surface area contributed by atoms with Crippen LogP contribution in [0.5, 0.6) is 5.75 Å². The molecule has 3 aromatic carbocycles. The van der Waals surface area contributed by atoms with E-state index < -0.39 is 5.82 Å². The second-order valence-corrected chi connectivity index (χ2v) is 8.49. The van der Waals surface area contributed by atoms with Crippen LogP contribution in [-0.2, 0) is 11.2 Å². The lowest BCUT2D eigenvalue weighted by molar-refractivity contribution is -0.133. The first-order valence-corrected chi connectivity index (χ1v) is 11.9. The average Bonchev–Trinajstić information content (AvgIpc) is 2.91. The first-order chi connectivity index (χ1) is 17.8. The van der Waals surface area contributed by atoms with Crippen molar-refractivity contribution < 1.29 is 18.7 Å². The van der Waals surface area contributed by atoms with Gasteiger partial charge in [-0.15, -0.1) is 0 Å². The van der Waals surface area contributed by atoms with Gasteiger partial charge in [0, 0.05) is 30.4 Å². The third-order valence-corrected chi connectivity index (χ3v) is 5.81. The lowest BCUT2D eigenvalue weighted by atomic mass is 10.0. The summed E-state index contributed by atoms with van der Waals surface area (Å²) in [5.74, 6) is -0.156. The van der Waals surface area contributed by atoms with Crippen LogP contribution < -0.4 is 15.0 Å². The number of hydrogen-bond donors (Lipinski definition) is 1. The van der Waals surface area contributed by atoms with E-state index in [1.165, 1.54) is 0 Å². The van der Waals surface area contributed by atoms with E-state index in [4.69, 9.17) is 4.74 Å². The van der Waals surface area contributed by atoms with Crippen molar-refractivity contribution in [3.05, 3.63) is 102 Å². The Labute approximate surface area is 215 Å². The zero-order valence-corrected chi connectivity index (χ0v) is 20.9. The van der Waals surface area contributed by atoms with E-state index in [2.05, 4.69) is 15.3 Å². The number of rotatable bonds is 9. The molecule has 7 nitrogen and oxygen atoms in total. The largest absolute Gasteiger partial charge is 0.426 e. The quantitative estimate of drug-likeness (QED) is 0.168. The number of para-hydroxylation sites is 1. The van der Waals surface area contributed by atoms with E-state index in [1.807, 2.05) is 32.0 Å². The molecule has 0 bridgehead atoms. The number of nitrogens with one attached hydrogen (secondary N) is 1. The molecule has 0 radical (unpaired) electrons. The van der Waals surface area contributed by atoms with Gasteiger partial charge in [0.15, 0.2) is 17.4 Å². The van der Waals surface area contributed by atoms with Gasteiger partial charge in [0.05, 0.1) is 12.6 Å². The van der Waals surface area contributed by atoms with Crippen molar-refractivity contribution in [2.24, 2.45) is 0 Å². The van der Waals surface area contributed by atoms with Crippen LogP contribution >= 0.6 is 0 Å². The van der Waals surface area contributed by atoms with Gasteiger partial charge in [0.25, 0.3) is 0 Å². The molecule has 0 aliphatic heterocycles. The van der Waals surface area contributed by atoms with Crippen LogP contribution in [0.2, 0.25) is 0 Å². The maximum Gasteiger partial charge on any atom is 0.315 e. The highest BCUT2D eigenvalue weighted by molar-refractivity contribution is 5.98. The highest BCUT2D eigenvalue weighted by atomic mass is 19.1. The molecule has 0 aliphatic carbocycles. The summed E-state index contributed by atoms with van der Waals surface area (Å²) in [4.78, 5) is 34.4. The minimum absolute atomic E-state index is 0.0402. The molecule has 1 aromatic heterocycles. The van der Waals surface area contributed by atoms with Crippen LogP contribution in [0.15, 0.2) is 79.0 Å². The number of carbonyl (C=O) groups excluding carboxylic acids is 2. The van der Waals surface area contributed by atoms with Crippen molar-refractivity contribution >= 4 is 34.9 Å². The monoisotopic (exact) mass is 498 g/mol. The molecule has 0 fully saturated rings. The minimum Gasteiger partial charge on any atom is -0.426 e. The lowest BCUT2D eigenvalue weighted by Gasteiger charge is -2.20. The summed E-state index contributed by atoms with van der Waals surface area (Å²) < 4.78 is 20.0. The van der Waals surface area contributed by atoms with Gasteiger partial charge in [-0.1, -0.05) is 43.3 Å². The number of esters is 1. The second-order valence-electron chi connectivity index (χ2n) is 8.49. The molecule has 4 rings (SSSR count). The van der Waals surface area contributed by atoms with Crippen molar-refractivity contribution in [3.8, 4) is 5.75 Å². The average molecular weight is 499 g/mol. The lowest BCUT2D eigenvalue weighted by Crippen LogP contribution is -2.15. The normalized spacial score (nSPS) is 10.6. The topological polar surface area (TPSA) is 84.4 Å². The zero-order chi connectivity index (χ0) is 26.4. The number of ether oxygens (including phenoxy) is 1. The fourth-order valence-electron chi connectivity index (χ4n) is 3.76. The van der Waals surface area contributed by atoms with Crippen molar-refractivity contribution in [3.63, 3.8) is 0 Å². The molecular weight excluding hydrogens is 471 g/mol. The van der Waals surface area contributed by atoms with E-state index in [0.29, 0.717) is 29.1 Å². The Kier molecular flexibility index (Phi) is 7.88. The molecule has 0 saturated carbocycles. The number of ketones is 1. The van der Waals surface area contributed by atoms with Crippen LogP contribution in [0.3, 0.4) is 0 Å². The minimum atomic E-state index is -0.589. The van der Waals surface area contributed by atoms with Crippen LogP contribution in [0.4, 0.5) is 27.5 Å². The molecule has 1 N–H and O–H groups in total. The van der Waals surface area contributed by atoms with Crippen molar-refractivity contribution in [2.45, 2.75) is 26.7 Å². The molecule has 1 heterocycles. The van der Waals surface area contributed by atoms with Gasteiger partial charge in [0.1, 0.15) is 5.75 Å². The van der Waals surface area contributed by atoms with Crippen molar-refractivity contribution in [2.75, 3.05) is 17.3 Å². The molecule has 0 spiro atoms. The number of hydrogen-bond acceptors (Lipinski definition) is 7. The molecule has 0 saturated heterocycles. The summed E-state index contributed by atoms with van der Waals surface area (Å²) >= 11 is 0. The number of halogens is 1. The Bertz CT molecular complexity index is 1410. The van der Waals surface area contributed by atoms with Gasteiger partial charge in [-0.2, -0.15) is 4.98 Å². The predicted octanol–water partition coefficient (Wildman–Crippen LogP) is 6.18. The maximum atomic E-state index is 14.7. The van der Waals surface area contributed by atoms with Crippen LogP contribution in [0.25, 0.3) is 0 Å². The van der Waals surface area contributed by atoms with Crippen molar-refractivity contribution in [1.29, 1.82) is 0 Å². The number of anilines is 4. The summed E-state index contributed by atoms with van der Waals surface area (Å²) in [6, 6.07) is 21.4. The number of nitrogens with zero attached hydrogens (tertiary/aromatic N) is 3. The van der Waals surface area contributed by atoms with Gasteiger partial charge >= 0.3 is 5.97 Å². The molecule has 188 valence electrons. The van der Waals surface area contributed by atoms with Gasteiger partial charge < -0.3 is 15.0 Å². The maximum absolute atomic E-state index is 14.7. The van der Waals surface area contributed by atoms with E-state index in [-0.39, 0.29) is 29.9 Å². The standard InChI is InChI=1S/C29H27FN4O3/c1-4-26(35)24-17-21(13-10-19(24)2)32-29-31-18-25(30)28(33-29)34(3)22-14-11-20(12-15-22)16-27(36)37-23-8-6-5-7-9-23/h5-15,17-18H,4,16H2,1-3H3,(H,31,32,33). The van der Waals surface area contributed by atoms with E-state index in [9.17, 15) is 14.0 Å². The molecular formula is C29H27FN4O3.